The number of nitrogens with one attached hydrogen (secondary N) is 1. The third-order valence-corrected chi connectivity index (χ3v) is 3.58. The number of hydrogen-bond donors (Lipinski definition) is 2. The molecule has 6 heteroatoms. The number of hydrogen-bond acceptors (Lipinski definition) is 4. The number of nitrogen functional groups attached to an aromatic ring is 1. The summed E-state index contributed by atoms with van der Waals surface area (Å²) in [4.78, 5) is 16.2. The van der Waals surface area contributed by atoms with Crippen molar-refractivity contribution in [2.45, 2.75) is 25.3 Å². The van der Waals surface area contributed by atoms with Crippen molar-refractivity contribution in [1.29, 1.82) is 0 Å². The molecule has 0 radical (unpaired) electrons. The number of carbonyl (C=O) groups is 1. The van der Waals surface area contributed by atoms with Gasteiger partial charge in [-0.3, -0.25) is 4.79 Å². The summed E-state index contributed by atoms with van der Waals surface area (Å²) in [6.45, 7) is 3.36. The quantitative estimate of drug-likeness (QED) is 0.871. The number of amides is 1. The minimum absolute atomic E-state index is 0.189. The van der Waals surface area contributed by atoms with Crippen LogP contribution in [0.4, 0.5) is 5.82 Å². The van der Waals surface area contributed by atoms with Crippen LogP contribution < -0.4 is 11.1 Å². The fourth-order valence-corrected chi connectivity index (χ4v) is 2.25. The minimum Gasteiger partial charge on any atom is -0.383 e. The molecule has 0 saturated carbocycles. The number of ether oxygens (including phenoxy) is 1. The number of carbonyl (C=O) groups excluding carboxylic acids is 1. The maximum atomic E-state index is 12.2. The van der Waals surface area contributed by atoms with Crippen LogP contribution in [0.1, 0.15) is 30.1 Å². The molecule has 1 fully saturated rings. The SMILES string of the molecule is CC1(NC(=O)c2cc(Br)cnc2N)CCOCC1. The second kappa shape index (κ2) is 5.24. The van der Waals surface area contributed by atoms with Gasteiger partial charge in [0.25, 0.3) is 5.91 Å². The Balaban J connectivity index is 2.14. The van der Waals surface area contributed by atoms with Gasteiger partial charge >= 0.3 is 0 Å². The molecular formula is C12H16BrN3O2. The molecule has 1 aromatic heterocycles. The van der Waals surface area contributed by atoms with Gasteiger partial charge in [0.15, 0.2) is 0 Å². The molecule has 0 aromatic carbocycles. The Morgan fingerprint density at radius 3 is 2.89 bits per heavy atom. The summed E-state index contributed by atoms with van der Waals surface area (Å²) in [5.41, 5.74) is 5.89. The molecule has 1 aliphatic heterocycles. The molecule has 0 unspecified atom stereocenters. The lowest BCUT2D eigenvalue weighted by atomic mass is 9.92. The molecule has 98 valence electrons. The molecule has 0 atom stereocenters. The lowest BCUT2D eigenvalue weighted by molar-refractivity contribution is 0.0423. The van der Waals surface area contributed by atoms with Crippen LogP contribution in [0.15, 0.2) is 16.7 Å². The average Bonchev–Trinajstić information content (AvgIpc) is 2.32. The number of nitrogens with zero attached hydrogens (tertiary/aromatic N) is 1. The van der Waals surface area contributed by atoms with Crippen molar-refractivity contribution in [3.63, 3.8) is 0 Å². The van der Waals surface area contributed by atoms with E-state index in [0.717, 1.165) is 17.3 Å². The zero-order valence-corrected chi connectivity index (χ0v) is 11.8. The summed E-state index contributed by atoms with van der Waals surface area (Å²) >= 11 is 3.29. The fourth-order valence-electron chi connectivity index (χ4n) is 1.92. The van der Waals surface area contributed by atoms with Crippen molar-refractivity contribution in [2.75, 3.05) is 18.9 Å². The smallest absolute Gasteiger partial charge is 0.255 e. The van der Waals surface area contributed by atoms with Crippen LogP contribution in [0.2, 0.25) is 0 Å². The molecule has 1 aromatic rings. The van der Waals surface area contributed by atoms with E-state index in [0.29, 0.717) is 18.8 Å². The van der Waals surface area contributed by atoms with Crippen molar-refractivity contribution in [3.8, 4) is 0 Å². The standard InChI is InChI=1S/C12H16BrN3O2/c1-12(2-4-18-5-3-12)16-11(17)9-6-8(13)7-15-10(9)14/h6-7H,2-5H2,1H3,(H2,14,15)(H,16,17). The van der Waals surface area contributed by atoms with Gasteiger partial charge in [-0.2, -0.15) is 0 Å². The van der Waals surface area contributed by atoms with Crippen molar-refractivity contribution in [3.05, 3.63) is 22.3 Å². The van der Waals surface area contributed by atoms with Crippen LogP contribution in [0.25, 0.3) is 0 Å². The van der Waals surface area contributed by atoms with Gasteiger partial charge in [-0.1, -0.05) is 0 Å². The Labute approximate surface area is 114 Å². The monoisotopic (exact) mass is 313 g/mol. The molecule has 3 N–H and O–H groups in total. The number of aromatic nitrogens is 1. The molecule has 5 nitrogen and oxygen atoms in total. The summed E-state index contributed by atoms with van der Waals surface area (Å²) in [6.07, 6.45) is 3.18. The number of rotatable bonds is 2. The van der Waals surface area contributed by atoms with Gasteiger partial charge in [0.05, 0.1) is 5.56 Å². The second-order valence-electron chi connectivity index (χ2n) is 4.71. The van der Waals surface area contributed by atoms with Crippen molar-refractivity contribution >= 4 is 27.7 Å². The zero-order valence-electron chi connectivity index (χ0n) is 10.2. The Kier molecular flexibility index (Phi) is 3.87. The van der Waals surface area contributed by atoms with Gasteiger partial charge in [-0.05, 0) is 41.8 Å². The maximum absolute atomic E-state index is 12.2. The highest BCUT2D eigenvalue weighted by Gasteiger charge is 2.29. The van der Waals surface area contributed by atoms with E-state index in [1.54, 1.807) is 12.3 Å². The van der Waals surface area contributed by atoms with Crippen LogP contribution in [-0.4, -0.2) is 29.6 Å². The minimum atomic E-state index is -0.232. The van der Waals surface area contributed by atoms with Crippen LogP contribution in [0.5, 0.6) is 0 Å². The maximum Gasteiger partial charge on any atom is 0.255 e. The molecule has 0 bridgehead atoms. The van der Waals surface area contributed by atoms with Crippen LogP contribution in [0.3, 0.4) is 0 Å². The van der Waals surface area contributed by atoms with Gasteiger partial charge in [-0.25, -0.2) is 4.98 Å². The highest BCUT2D eigenvalue weighted by Crippen LogP contribution is 2.22. The molecule has 2 heterocycles. The number of anilines is 1. The third-order valence-electron chi connectivity index (χ3n) is 3.14. The Morgan fingerprint density at radius 1 is 1.56 bits per heavy atom. The predicted molar refractivity (Wildman–Crippen MR) is 72.3 cm³/mol. The molecule has 2 rings (SSSR count). The van der Waals surface area contributed by atoms with E-state index in [2.05, 4.69) is 26.2 Å². The first kappa shape index (κ1) is 13.3. The Bertz CT molecular complexity index is 459. The second-order valence-corrected chi connectivity index (χ2v) is 5.63. The van der Waals surface area contributed by atoms with Gasteiger partial charge in [-0.15, -0.1) is 0 Å². The van der Waals surface area contributed by atoms with Gasteiger partial charge in [0, 0.05) is 29.4 Å². The van der Waals surface area contributed by atoms with E-state index in [1.807, 2.05) is 6.92 Å². The molecule has 0 aliphatic carbocycles. The lowest BCUT2D eigenvalue weighted by Crippen LogP contribution is -2.49. The first-order valence-corrected chi connectivity index (χ1v) is 6.61. The van der Waals surface area contributed by atoms with Gasteiger partial charge < -0.3 is 15.8 Å². The zero-order chi connectivity index (χ0) is 13.2. The number of nitrogens with two attached hydrogens (primary N) is 1. The van der Waals surface area contributed by atoms with Crippen LogP contribution in [-0.2, 0) is 4.74 Å². The molecule has 0 spiro atoms. The normalized spacial score (nSPS) is 18.3. The molecule has 1 amide bonds. The summed E-state index contributed by atoms with van der Waals surface area (Å²) < 4.78 is 6.03. The molecular weight excluding hydrogens is 298 g/mol. The van der Waals surface area contributed by atoms with E-state index in [-0.39, 0.29) is 17.3 Å². The fraction of sp³-hybridized carbons (Fsp3) is 0.500. The first-order valence-electron chi connectivity index (χ1n) is 5.81. The van der Waals surface area contributed by atoms with E-state index in [4.69, 9.17) is 10.5 Å². The lowest BCUT2D eigenvalue weighted by Gasteiger charge is -2.34. The van der Waals surface area contributed by atoms with Crippen molar-refractivity contribution in [2.24, 2.45) is 0 Å². The number of pyridine rings is 1. The summed E-state index contributed by atoms with van der Waals surface area (Å²) in [5, 5.41) is 3.02. The first-order chi connectivity index (χ1) is 8.50. The Hall–Kier alpha value is -1.14. The van der Waals surface area contributed by atoms with Gasteiger partial charge in [0.2, 0.25) is 0 Å². The van der Waals surface area contributed by atoms with Crippen molar-refractivity contribution < 1.29 is 9.53 Å². The highest BCUT2D eigenvalue weighted by atomic mass is 79.9. The van der Waals surface area contributed by atoms with Crippen LogP contribution in [0, 0.1) is 0 Å². The highest BCUT2D eigenvalue weighted by molar-refractivity contribution is 9.10. The molecule has 18 heavy (non-hydrogen) atoms. The van der Waals surface area contributed by atoms with E-state index in [9.17, 15) is 4.79 Å². The van der Waals surface area contributed by atoms with Gasteiger partial charge in [0.1, 0.15) is 5.82 Å². The summed E-state index contributed by atoms with van der Waals surface area (Å²) in [6, 6.07) is 1.68. The van der Waals surface area contributed by atoms with Crippen LogP contribution >= 0.6 is 15.9 Å². The number of halogens is 1. The average molecular weight is 314 g/mol. The largest absolute Gasteiger partial charge is 0.383 e. The summed E-state index contributed by atoms with van der Waals surface area (Å²) in [7, 11) is 0. The molecule has 1 saturated heterocycles. The predicted octanol–water partition coefficient (Wildman–Crippen LogP) is 1.73. The van der Waals surface area contributed by atoms with E-state index >= 15 is 0 Å². The Morgan fingerprint density at radius 2 is 2.22 bits per heavy atom. The molecule has 1 aliphatic rings. The summed E-state index contributed by atoms with van der Waals surface area (Å²) in [5.74, 6) is 0.0528. The third kappa shape index (κ3) is 3.00. The van der Waals surface area contributed by atoms with E-state index in [1.165, 1.54) is 0 Å². The van der Waals surface area contributed by atoms with Crippen molar-refractivity contribution in [1.82, 2.24) is 10.3 Å². The van der Waals surface area contributed by atoms with E-state index < -0.39 is 0 Å². The topological polar surface area (TPSA) is 77.2 Å².